The highest BCUT2D eigenvalue weighted by molar-refractivity contribution is 5.99. The lowest BCUT2D eigenvalue weighted by Crippen LogP contribution is -2.41. The molecule has 5 heteroatoms. The molecule has 134 valence electrons. The number of furan rings is 1. The van der Waals surface area contributed by atoms with Crippen LogP contribution in [0.1, 0.15) is 28.6 Å². The van der Waals surface area contributed by atoms with Crippen LogP contribution in [0.5, 0.6) is 0 Å². The molecule has 2 N–H and O–H groups in total. The highest BCUT2D eigenvalue weighted by atomic mass is 16.3. The third-order valence-electron chi connectivity index (χ3n) is 3.74. The van der Waals surface area contributed by atoms with E-state index >= 15 is 0 Å². The van der Waals surface area contributed by atoms with Crippen molar-refractivity contribution < 1.29 is 14.0 Å². The van der Waals surface area contributed by atoms with Crippen molar-refractivity contribution in [3.8, 4) is 11.8 Å². The molecular weight excluding hydrogens is 340 g/mol. The Balaban J connectivity index is 1.62. The molecule has 0 aliphatic heterocycles. The molecule has 27 heavy (non-hydrogen) atoms. The van der Waals surface area contributed by atoms with Gasteiger partial charge in [0.05, 0.1) is 6.26 Å². The molecule has 0 bridgehead atoms. The number of benzene rings is 2. The van der Waals surface area contributed by atoms with Gasteiger partial charge in [-0.15, -0.1) is 0 Å². The van der Waals surface area contributed by atoms with E-state index in [-0.39, 0.29) is 11.7 Å². The van der Waals surface area contributed by atoms with Crippen molar-refractivity contribution in [2.24, 2.45) is 0 Å². The van der Waals surface area contributed by atoms with Gasteiger partial charge in [-0.1, -0.05) is 36.1 Å². The van der Waals surface area contributed by atoms with Crippen molar-refractivity contribution >= 4 is 17.5 Å². The molecule has 0 saturated heterocycles. The van der Waals surface area contributed by atoms with Crippen LogP contribution in [0.2, 0.25) is 0 Å². The number of carbonyl (C=O) groups is 2. The zero-order valence-electron chi connectivity index (χ0n) is 14.7. The maximum absolute atomic E-state index is 12.3. The third-order valence-corrected chi connectivity index (χ3v) is 3.74. The van der Waals surface area contributed by atoms with Gasteiger partial charge in [-0.3, -0.25) is 9.59 Å². The first-order valence-corrected chi connectivity index (χ1v) is 8.44. The summed E-state index contributed by atoms with van der Waals surface area (Å²) in [7, 11) is 0. The van der Waals surface area contributed by atoms with E-state index in [1.807, 2.05) is 42.5 Å². The van der Waals surface area contributed by atoms with E-state index in [1.54, 1.807) is 25.1 Å². The Hall–Kier alpha value is -3.78. The maximum Gasteiger partial charge on any atom is 0.287 e. The maximum atomic E-state index is 12.3. The SMILES string of the molecule is C[C@H](NC(=O)c1ccco1)C(=O)Nc1cccc(C#Cc2ccccc2)c1. The fraction of sp³-hybridized carbons (Fsp3) is 0.0909. The molecule has 3 aromatic rings. The summed E-state index contributed by atoms with van der Waals surface area (Å²) >= 11 is 0. The second-order valence-corrected chi connectivity index (χ2v) is 5.86. The Morgan fingerprint density at radius 1 is 0.926 bits per heavy atom. The minimum Gasteiger partial charge on any atom is -0.459 e. The van der Waals surface area contributed by atoms with E-state index in [1.165, 1.54) is 12.3 Å². The van der Waals surface area contributed by atoms with E-state index in [4.69, 9.17) is 4.42 Å². The standard InChI is InChI=1S/C22H18N2O3/c1-16(23-22(26)20-11-6-14-27-20)21(25)24-19-10-5-9-18(15-19)13-12-17-7-3-2-4-8-17/h2-11,14-16H,1H3,(H,23,26)(H,24,25)/t16-/m0/s1. The number of hydrogen-bond acceptors (Lipinski definition) is 3. The number of rotatable bonds is 4. The second-order valence-electron chi connectivity index (χ2n) is 5.86. The average molecular weight is 358 g/mol. The molecular formula is C22H18N2O3. The summed E-state index contributed by atoms with van der Waals surface area (Å²) in [6.07, 6.45) is 1.40. The summed E-state index contributed by atoms with van der Waals surface area (Å²) in [4.78, 5) is 24.3. The summed E-state index contributed by atoms with van der Waals surface area (Å²) in [6, 6.07) is 19.3. The third kappa shape index (κ3) is 5.10. The molecule has 1 atom stereocenters. The Labute approximate surface area is 157 Å². The van der Waals surface area contributed by atoms with Crippen LogP contribution in [0.3, 0.4) is 0 Å². The summed E-state index contributed by atoms with van der Waals surface area (Å²) in [5.41, 5.74) is 2.31. The van der Waals surface area contributed by atoms with E-state index in [2.05, 4.69) is 22.5 Å². The lowest BCUT2D eigenvalue weighted by atomic mass is 10.1. The number of anilines is 1. The summed E-state index contributed by atoms with van der Waals surface area (Å²) in [5, 5.41) is 5.37. The number of amides is 2. The first kappa shape index (κ1) is 18.0. The van der Waals surface area contributed by atoms with E-state index in [0.29, 0.717) is 5.69 Å². The molecule has 1 aromatic heterocycles. The number of nitrogens with one attached hydrogen (secondary N) is 2. The van der Waals surface area contributed by atoms with E-state index < -0.39 is 11.9 Å². The van der Waals surface area contributed by atoms with Gasteiger partial charge < -0.3 is 15.1 Å². The normalized spacial score (nSPS) is 11.0. The topological polar surface area (TPSA) is 71.3 Å². The van der Waals surface area contributed by atoms with Gasteiger partial charge >= 0.3 is 0 Å². The lowest BCUT2D eigenvalue weighted by molar-refractivity contribution is -0.117. The predicted octanol–water partition coefficient (Wildman–Crippen LogP) is 3.44. The first-order chi connectivity index (χ1) is 13.1. The molecule has 0 radical (unpaired) electrons. The van der Waals surface area contributed by atoms with Crippen LogP contribution in [0.15, 0.2) is 77.4 Å². The van der Waals surface area contributed by atoms with Crippen molar-refractivity contribution in [1.82, 2.24) is 5.32 Å². The van der Waals surface area contributed by atoms with Crippen LogP contribution < -0.4 is 10.6 Å². The van der Waals surface area contributed by atoms with Crippen LogP contribution in [0, 0.1) is 11.8 Å². The van der Waals surface area contributed by atoms with Gasteiger partial charge in [0.2, 0.25) is 5.91 Å². The minimum atomic E-state index is -0.721. The van der Waals surface area contributed by atoms with Crippen LogP contribution in [0.25, 0.3) is 0 Å². The van der Waals surface area contributed by atoms with E-state index in [0.717, 1.165) is 11.1 Å². The van der Waals surface area contributed by atoms with Gasteiger partial charge in [0.25, 0.3) is 5.91 Å². The van der Waals surface area contributed by atoms with Gasteiger partial charge in [-0.25, -0.2) is 0 Å². The van der Waals surface area contributed by atoms with Crippen molar-refractivity contribution in [2.45, 2.75) is 13.0 Å². The smallest absolute Gasteiger partial charge is 0.287 e. The summed E-state index contributed by atoms with van der Waals surface area (Å²) < 4.78 is 5.01. The Bertz CT molecular complexity index is 983. The largest absolute Gasteiger partial charge is 0.459 e. The molecule has 0 unspecified atom stereocenters. The second kappa shape index (κ2) is 8.54. The van der Waals surface area contributed by atoms with E-state index in [9.17, 15) is 9.59 Å². The minimum absolute atomic E-state index is 0.160. The summed E-state index contributed by atoms with van der Waals surface area (Å²) in [6.45, 7) is 1.61. The first-order valence-electron chi connectivity index (χ1n) is 8.44. The Morgan fingerprint density at radius 3 is 2.41 bits per heavy atom. The molecule has 2 amide bonds. The number of hydrogen-bond donors (Lipinski definition) is 2. The lowest BCUT2D eigenvalue weighted by Gasteiger charge is -2.13. The molecule has 1 heterocycles. The highest BCUT2D eigenvalue weighted by Gasteiger charge is 2.18. The van der Waals surface area contributed by atoms with Gasteiger partial charge in [-0.05, 0) is 49.4 Å². The molecule has 0 saturated carbocycles. The average Bonchev–Trinajstić information content (AvgIpc) is 3.22. The Kier molecular flexibility index (Phi) is 5.70. The fourth-order valence-electron chi connectivity index (χ4n) is 2.33. The monoisotopic (exact) mass is 358 g/mol. The van der Waals surface area contributed by atoms with Crippen LogP contribution >= 0.6 is 0 Å². The van der Waals surface area contributed by atoms with Crippen LogP contribution in [0.4, 0.5) is 5.69 Å². The zero-order chi connectivity index (χ0) is 19.1. The fourth-order valence-corrected chi connectivity index (χ4v) is 2.33. The molecule has 3 rings (SSSR count). The Morgan fingerprint density at radius 2 is 1.67 bits per heavy atom. The van der Waals surface area contributed by atoms with Crippen molar-refractivity contribution in [3.05, 3.63) is 89.9 Å². The predicted molar refractivity (Wildman–Crippen MR) is 103 cm³/mol. The zero-order valence-corrected chi connectivity index (χ0v) is 14.7. The summed E-state index contributed by atoms with van der Waals surface area (Å²) in [5.74, 6) is 5.54. The molecule has 0 aliphatic carbocycles. The van der Waals surface area contributed by atoms with Crippen LogP contribution in [-0.4, -0.2) is 17.9 Å². The van der Waals surface area contributed by atoms with Gasteiger partial charge in [0, 0.05) is 16.8 Å². The van der Waals surface area contributed by atoms with Gasteiger partial charge in [0.15, 0.2) is 5.76 Å². The van der Waals surface area contributed by atoms with Crippen molar-refractivity contribution in [2.75, 3.05) is 5.32 Å². The molecule has 0 aliphatic rings. The van der Waals surface area contributed by atoms with Crippen LogP contribution in [-0.2, 0) is 4.79 Å². The van der Waals surface area contributed by atoms with Crippen molar-refractivity contribution in [3.63, 3.8) is 0 Å². The van der Waals surface area contributed by atoms with Crippen molar-refractivity contribution in [1.29, 1.82) is 0 Å². The quantitative estimate of drug-likeness (QED) is 0.702. The molecule has 2 aromatic carbocycles. The number of carbonyl (C=O) groups excluding carboxylic acids is 2. The molecule has 0 spiro atoms. The highest BCUT2D eigenvalue weighted by Crippen LogP contribution is 2.11. The van der Waals surface area contributed by atoms with Gasteiger partial charge in [0.1, 0.15) is 6.04 Å². The van der Waals surface area contributed by atoms with Gasteiger partial charge in [-0.2, -0.15) is 0 Å². The molecule has 5 nitrogen and oxygen atoms in total. The molecule has 0 fully saturated rings.